The van der Waals surface area contributed by atoms with E-state index in [1.807, 2.05) is 72.8 Å². The molecule has 0 unspecified atom stereocenters. The van der Waals surface area contributed by atoms with Crippen molar-refractivity contribution in [2.24, 2.45) is 0 Å². The van der Waals surface area contributed by atoms with Crippen LogP contribution in [0, 0.1) is 0 Å². The van der Waals surface area contributed by atoms with Crippen molar-refractivity contribution in [1.29, 1.82) is 0 Å². The summed E-state index contributed by atoms with van der Waals surface area (Å²) in [5, 5.41) is 4.12. The lowest BCUT2D eigenvalue weighted by atomic mass is 10.2. The van der Waals surface area contributed by atoms with E-state index in [1.165, 1.54) is 5.69 Å². The average Bonchev–Trinajstić information content (AvgIpc) is 2.91. The summed E-state index contributed by atoms with van der Waals surface area (Å²) in [5.74, 6) is 4.49. The fraction of sp³-hybridized carbons (Fsp3) is 0.241. The van der Waals surface area contributed by atoms with Crippen molar-refractivity contribution < 1.29 is 4.74 Å². The normalized spacial score (nSPS) is 13.7. The fourth-order valence-corrected chi connectivity index (χ4v) is 4.29. The number of para-hydroxylation sites is 1. The smallest absolute Gasteiger partial charge is 0.136 e. The van der Waals surface area contributed by atoms with E-state index in [1.54, 1.807) is 0 Å². The van der Waals surface area contributed by atoms with Crippen LogP contribution in [-0.4, -0.2) is 36.1 Å². The molecule has 36 heavy (non-hydrogen) atoms. The van der Waals surface area contributed by atoms with Gasteiger partial charge in [-0.05, 0) is 60.7 Å². The molecule has 2 heterocycles. The zero-order chi connectivity index (χ0) is 24.9. The number of halogens is 1. The number of aromatic nitrogens is 2. The molecule has 0 aliphatic carbocycles. The predicted molar refractivity (Wildman–Crippen MR) is 148 cm³/mol. The Labute approximate surface area is 217 Å². The summed E-state index contributed by atoms with van der Waals surface area (Å²) in [6.07, 6.45) is 0. The molecule has 0 amide bonds. The van der Waals surface area contributed by atoms with Crippen molar-refractivity contribution in [3.8, 4) is 11.5 Å². The van der Waals surface area contributed by atoms with Crippen LogP contribution in [0.25, 0.3) is 0 Å². The van der Waals surface area contributed by atoms with E-state index in [4.69, 9.17) is 26.3 Å². The number of ether oxygens (including phenoxy) is 1. The molecule has 4 aromatic rings. The van der Waals surface area contributed by atoms with E-state index in [0.717, 1.165) is 60.8 Å². The molecule has 0 atom stereocenters. The minimum Gasteiger partial charge on any atom is -0.457 e. The average molecular weight is 500 g/mol. The van der Waals surface area contributed by atoms with Gasteiger partial charge in [0.15, 0.2) is 0 Å². The minimum atomic E-state index is 0.230. The summed E-state index contributed by atoms with van der Waals surface area (Å²) >= 11 is 6.03. The lowest BCUT2D eigenvalue weighted by Crippen LogP contribution is -2.47. The molecule has 1 N–H and O–H groups in total. The quantitative estimate of drug-likeness (QED) is 0.292. The Morgan fingerprint density at radius 2 is 1.42 bits per heavy atom. The maximum absolute atomic E-state index is 6.03. The third-order valence-corrected chi connectivity index (χ3v) is 6.40. The molecule has 1 aromatic heterocycles. The van der Waals surface area contributed by atoms with Crippen LogP contribution in [0.2, 0.25) is 5.02 Å². The van der Waals surface area contributed by atoms with Gasteiger partial charge in [-0.1, -0.05) is 43.6 Å². The number of rotatable bonds is 7. The number of nitrogens with zero attached hydrogens (tertiary/aromatic N) is 4. The summed E-state index contributed by atoms with van der Waals surface area (Å²) in [4.78, 5) is 14.4. The lowest BCUT2D eigenvalue weighted by Gasteiger charge is -2.37. The van der Waals surface area contributed by atoms with Gasteiger partial charge in [0.25, 0.3) is 0 Å². The van der Waals surface area contributed by atoms with Crippen LogP contribution in [0.5, 0.6) is 11.5 Å². The molecular formula is C29H30ClN5O. The second kappa shape index (κ2) is 10.9. The van der Waals surface area contributed by atoms with Gasteiger partial charge in [-0.15, -0.1) is 0 Å². The third kappa shape index (κ3) is 5.89. The second-order valence-corrected chi connectivity index (χ2v) is 9.58. The Morgan fingerprint density at radius 1 is 0.778 bits per heavy atom. The first-order valence-corrected chi connectivity index (χ1v) is 12.7. The van der Waals surface area contributed by atoms with Gasteiger partial charge in [0.2, 0.25) is 0 Å². The molecule has 0 spiro atoms. The molecule has 0 saturated carbocycles. The molecule has 1 fully saturated rings. The summed E-state index contributed by atoms with van der Waals surface area (Å²) in [6.45, 7) is 7.84. The maximum atomic E-state index is 6.03. The van der Waals surface area contributed by atoms with Gasteiger partial charge in [0, 0.05) is 54.6 Å². The van der Waals surface area contributed by atoms with Crippen LogP contribution >= 0.6 is 11.6 Å². The molecule has 1 saturated heterocycles. The summed E-state index contributed by atoms with van der Waals surface area (Å²) in [5.41, 5.74) is 2.15. The van der Waals surface area contributed by atoms with Crippen molar-refractivity contribution in [3.63, 3.8) is 0 Å². The SMILES string of the molecule is CC(C)c1nc(Nc2ccc(Cl)cc2)cc(N2CCN(c3ccc(Oc4ccccc4)cc3)CC2)n1. The van der Waals surface area contributed by atoms with E-state index in [9.17, 15) is 0 Å². The van der Waals surface area contributed by atoms with Crippen molar-refractivity contribution in [3.05, 3.63) is 95.8 Å². The lowest BCUT2D eigenvalue weighted by molar-refractivity contribution is 0.482. The summed E-state index contributed by atoms with van der Waals surface area (Å²) in [7, 11) is 0. The van der Waals surface area contributed by atoms with Crippen molar-refractivity contribution in [2.45, 2.75) is 19.8 Å². The van der Waals surface area contributed by atoms with Crippen LogP contribution in [-0.2, 0) is 0 Å². The molecule has 6 nitrogen and oxygen atoms in total. The first-order valence-electron chi connectivity index (χ1n) is 12.3. The van der Waals surface area contributed by atoms with Gasteiger partial charge in [0.1, 0.15) is 29.0 Å². The third-order valence-electron chi connectivity index (χ3n) is 6.15. The van der Waals surface area contributed by atoms with Crippen LogP contribution in [0.3, 0.4) is 0 Å². The van der Waals surface area contributed by atoms with Gasteiger partial charge in [0.05, 0.1) is 0 Å². The van der Waals surface area contributed by atoms with Gasteiger partial charge in [-0.2, -0.15) is 0 Å². The van der Waals surface area contributed by atoms with Crippen LogP contribution in [0.4, 0.5) is 23.0 Å². The summed E-state index contributed by atoms with van der Waals surface area (Å²) < 4.78 is 5.93. The second-order valence-electron chi connectivity index (χ2n) is 9.14. The highest BCUT2D eigenvalue weighted by molar-refractivity contribution is 6.30. The molecule has 3 aromatic carbocycles. The summed E-state index contributed by atoms with van der Waals surface area (Å²) in [6, 6.07) is 27.8. The highest BCUT2D eigenvalue weighted by Crippen LogP contribution is 2.27. The van der Waals surface area contributed by atoms with E-state index in [2.05, 4.69) is 41.1 Å². The van der Waals surface area contributed by atoms with Crippen LogP contribution in [0.15, 0.2) is 84.9 Å². The largest absolute Gasteiger partial charge is 0.457 e. The Morgan fingerprint density at radius 3 is 2.08 bits per heavy atom. The number of benzene rings is 3. The van der Waals surface area contributed by atoms with E-state index in [-0.39, 0.29) is 5.92 Å². The maximum Gasteiger partial charge on any atom is 0.136 e. The Balaban J connectivity index is 1.25. The number of anilines is 4. The molecule has 5 rings (SSSR count). The number of piperazine rings is 1. The van der Waals surface area contributed by atoms with E-state index < -0.39 is 0 Å². The first kappa shape index (κ1) is 23.9. The molecule has 0 radical (unpaired) electrons. The van der Waals surface area contributed by atoms with Gasteiger partial charge >= 0.3 is 0 Å². The van der Waals surface area contributed by atoms with Crippen LogP contribution in [0.1, 0.15) is 25.6 Å². The fourth-order valence-electron chi connectivity index (χ4n) is 4.16. The highest BCUT2D eigenvalue weighted by atomic mass is 35.5. The molecule has 1 aliphatic heterocycles. The predicted octanol–water partition coefficient (Wildman–Crippen LogP) is 7.12. The first-order chi connectivity index (χ1) is 17.5. The van der Waals surface area contributed by atoms with Crippen molar-refractivity contribution >= 4 is 34.6 Å². The Hall–Kier alpha value is -3.77. The topological polar surface area (TPSA) is 53.5 Å². The van der Waals surface area contributed by atoms with E-state index in [0.29, 0.717) is 5.02 Å². The molecule has 0 bridgehead atoms. The Bertz CT molecular complexity index is 1270. The van der Waals surface area contributed by atoms with Gasteiger partial charge in [-0.3, -0.25) is 0 Å². The standard InChI is InChI=1S/C29H30ClN5O/c1-21(2)29-32-27(31-23-10-8-22(30)9-11-23)20-28(33-29)35-18-16-34(17-19-35)24-12-14-26(15-13-24)36-25-6-4-3-5-7-25/h3-15,20-21H,16-19H2,1-2H3,(H,31,32,33). The van der Waals surface area contributed by atoms with Gasteiger partial charge in [-0.25, -0.2) is 9.97 Å². The van der Waals surface area contributed by atoms with Crippen molar-refractivity contribution in [1.82, 2.24) is 9.97 Å². The molecule has 7 heteroatoms. The molecule has 184 valence electrons. The van der Waals surface area contributed by atoms with Crippen LogP contribution < -0.4 is 19.9 Å². The highest BCUT2D eigenvalue weighted by Gasteiger charge is 2.20. The molecule has 1 aliphatic rings. The minimum absolute atomic E-state index is 0.230. The number of nitrogens with one attached hydrogen (secondary N) is 1. The Kier molecular flexibility index (Phi) is 7.23. The van der Waals surface area contributed by atoms with Crippen molar-refractivity contribution in [2.75, 3.05) is 41.3 Å². The zero-order valence-electron chi connectivity index (χ0n) is 20.6. The monoisotopic (exact) mass is 499 g/mol. The number of hydrogen-bond acceptors (Lipinski definition) is 6. The molecular weight excluding hydrogens is 470 g/mol. The van der Waals surface area contributed by atoms with Gasteiger partial charge < -0.3 is 19.9 Å². The zero-order valence-corrected chi connectivity index (χ0v) is 21.3. The number of hydrogen-bond donors (Lipinski definition) is 1. The van der Waals surface area contributed by atoms with E-state index >= 15 is 0 Å².